The molecule has 1 aliphatic carbocycles. The monoisotopic (exact) mass is 552 g/mol. The standard InChI is InChI=1S/C24H21ClN4O3.C3H8.2C2H6/c25-17-5-9-20-21(11-17)29-23(28-20)16-3-8-19(26-13-16)15-4-10-22(27-12-15)32-18-6-1-14(2-7-18)24(30)31;1-3-2;2*1-2/h3-5,8-14,18H,1-2,6-7H2,(H,28,29)(H,30,31);3H2,1-2H3;2*1-2H3. The predicted molar refractivity (Wildman–Crippen MR) is 160 cm³/mol. The predicted octanol–water partition coefficient (Wildman–Crippen LogP) is 8.83. The highest BCUT2D eigenvalue weighted by molar-refractivity contribution is 6.31. The number of rotatable bonds is 5. The highest BCUT2D eigenvalue weighted by Gasteiger charge is 2.27. The number of aliphatic carboxylic acids is 1. The fourth-order valence-electron chi connectivity index (χ4n) is 4.02. The number of nitrogens with one attached hydrogen (secondary N) is 1. The van der Waals surface area contributed by atoms with Gasteiger partial charge in [-0.3, -0.25) is 9.78 Å². The van der Waals surface area contributed by atoms with Crippen molar-refractivity contribution < 1.29 is 14.6 Å². The van der Waals surface area contributed by atoms with Crippen molar-refractivity contribution in [3.8, 4) is 28.5 Å². The first-order valence-corrected chi connectivity index (χ1v) is 14.3. The number of aromatic nitrogens is 4. The third kappa shape index (κ3) is 9.06. The Morgan fingerprint density at radius 1 is 0.949 bits per heavy atom. The molecule has 0 amide bonds. The van der Waals surface area contributed by atoms with E-state index in [-0.39, 0.29) is 12.0 Å². The van der Waals surface area contributed by atoms with Crippen molar-refractivity contribution >= 4 is 28.6 Å². The van der Waals surface area contributed by atoms with E-state index in [9.17, 15) is 4.79 Å². The van der Waals surface area contributed by atoms with Gasteiger partial charge in [-0.05, 0) is 62.1 Å². The molecule has 4 aromatic rings. The van der Waals surface area contributed by atoms with Gasteiger partial charge >= 0.3 is 5.97 Å². The lowest BCUT2D eigenvalue weighted by molar-refractivity contribution is -0.143. The summed E-state index contributed by atoms with van der Waals surface area (Å²) in [5, 5.41) is 9.77. The number of nitrogens with zero attached hydrogens (tertiary/aromatic N) is 3. The van der Waals surface area contributed by atoms with Crippen LogP contribution >= 0.6 is 11.6 Å². The van der Waals surface area contributed by atoms with Gasteiger partial charge in [0.25, 0.3) is 0 Å². The van der Waals surface area contributed by atoms with E-state index in [1.54, 1.807) is 12.4 Å². The van der Waals surface area contributed by atoms with Crippen LogP contribution in [0.2, 0.25) is 5.02 Å². The summed E-state index contributed by atoms with van der Waals surface area (Å²) in [6.07, 6.45) is 7.54. The lowest BCUT2D eigenvalue weighted by atomic mass is 9.87. The van der Waals surface area contributed by atoms with Gasteiger partial charge in [-0.25, -0.2) is 9.97 Å². The summed E-state index contributed by atoms with van der Waals surface area (Å²) in [7, 11) is 0. The van der Waals surface area contributed by atoms with E-state index in [4.69, 9.17) is 21.4 Å². The zero-order valence-corrected chi connectivity index (χ0v) is 24.6. The lowest BCUT2D eigenvalue weighted by Gasteiger charge is -2.26. The van der Waals surface area contributed by atoms with E-state index in [2.05, 4.69) is 33.8 Å². The van der Waals surface area contributed by atoms with E-state index in [1.807, 2.05) is 70.2 Å². The molecule has 2 N–H and O–H groups in total. The van der Waals surface area contributed by atoms with Gasteiger partial charge in [0.15, 0.2) is 0 Å². The molecular weight excluding hydrogens is 512 g/mol. The summed E-state index contributed by atoms with van der Waals surface area (Å²) < 4.78 is 5.94. The molecule has 1 aromatic carbocycles. The molecule has 1 aliphatic rings. The molecule has 0 atom stereocenters. The van der Waals surface area contributed by atoms with Crippen molar-refractivity contribution in [1.82, 2.24) is 19.9 Å². The Hall–Kier alpha value is -3.45. The van der Waals surface area contributed by atoms with Crippen LogP contribution in [0.1, 0.15) is 73.6 Å². The second-order valence-corrected chi connectivity index (χ2v) is 9.14. The van der Waals surface area contributed by atoms with Crippen molar-refractivity contribution in [2.75, 3.05) is 0 Å². The molecule has 0 aliphatic heterocycles. The number of aromatic amines is 1. The number of hydrogen-bond donors (Lipinski definition) is 2. The Morgan fingerprint density at radius 3 is 2.15 bits per heavy atom. The molecule has 1 saturated carbocycles. The first-order chi connectivity index (χ1) is 19.0. The van der Waals surface area contributed by atoms with Crippen molar-refractivity contribution in [3.63, 3.8) is 0 Å². The average Bonchev–Trinajstić information content (AvgIpc) is 3.40. The summed E-state index contributed by atoms with van der Waals surface area (Å²) in [6.45, 7) is 12.2. The third-order valence-corrected chi connectivity index (χ3v) is 6.06. The number of carboxylic acids is 1. The fourth-order valence-corrected chi connectivity index (χ4v) is 4.20. The highest BCUT2D eigenvalue weighted by Crippen LogP contribution is 2.28. The molecule has 7 nitrogen and oxygen atoms in total. The molecule has 210 valence electrons. The normalized spacial score (nSPS) is 16.0. The van der Waals surface area contributed by atoms with Crippen LogP contribution in [-0.4, -0.2) is 37.1 Å². The Labute approximate surface area is 237 Å². The van der Waals surface area contributed by atoms with Crippen LogP contribution in [0.15, 0.2) is 54.9 Å². The Balaban J connectivity index is 0.000000700. The van der Waals surface area contributed by atoms with Crippen molar-refractivity contribution in [1.29, 1.82) is 0 Å². The number of benzene rings is 1. The van der Waals surface area contributed by atoms with Crippen LogP contribution < -0.4 is 4.74 Å². The van der Waals surface area contributed by atoms with Crippen LogP contribution in [0, 0.1) is 5.92 Å². The number of imidazole rings is 1. The summed E-state index contributed by atoms with van der Waals surface area (Å²) in [5.41, 5.74) is 4.30. The summed E-state index contributed by atoms with van der Waals surface area (Å²) in [5.74, 6) is 0.316. The van der Waals surface area contributed by atoms with E-state index >= 15 is 0 Å². The minimum Gasteiger partial charge on any atom is -0.481 e. The number of pyridine rings is 2. The number of carboxylic acid groups (broad SMARTS) is 1. The van der Waals surface area contributed by atoms with Crippen molar-refractivity contribution in [2.45, 2.75) is 79.8 Å². The minimum atomic E-state index is -0.714. The molecular formula is C31H41ClN4O3. The van der Waals surface area contributed by atoms with Crippen LogP contribution in [0.3, 0.4) is 0 Å². The SMILES string of the molecule is CC.CC.CCC.O=C(O)C1CCC(Oc2ccc(-c3ccc(-c4nc5ccc(Cl)cc5[nH]4)cn3)cn2)CC1. The lowest BCUT2D eigenvalue weighted by Crippen LogP contribution is -2.28. The number of fused-ring (bicyclic) bond motifs is 1. The maximum Gasteiger partial charge on any atom is 0.306 e. The zero-order valence-electron chi connectivity index (χ0n) is 23.9. The molecule has 1 fully saturated rings. The highest BCUT2D eigenvalue weighted by atomic mass is 35.5. The maximum atomic E-state index is 11.1. The minimum absolute atomic E-state index is 0.0139. The van der Waals surface area contributed by atoms with E-state index in [0.29, 0.717) is 23.7 Å². The molecule has 0 radical (unpaired) electrons. The molecule has 0 unspecified atom stereocenters. The smallest absolute Gasteiger partial charge is 0.306 e. The van der Waals surface area contributed by atoms with Crippen molar-refractivity contribution in [3.05, 3.63) is 59.9 Å². The molecule has 39 heavy (non-hydrogen) atoms. The van der Waals surface area contributed by atoms with E-state index in [1.165, 1.54) is 6.42 Å². The van der Waals surface area contributed by atoms with Gasteiger partial charge in [0.2, 0.25) is 5.88 Å². The van der Waals surface area contributed by atoms with Crippen LogP contribution in [0.4, 0.5) is 0 Å². The van der Waals surface area contributed by atoms with Crippen LogP contribution in [0.5, 0.6) is 5.88 Å². The Morgan fingerprint density at radius 2 is 1.59 bits per heavy atom. The molecule has 0 bridgehead atoms. The van der Waals surface area contributed by atoms with Crippen LogP contribution in [0.25, 0.3) is 33.7 Å². The Bertz CT molecular complexity index is 1270. The van der Waals surface area contributed by atoms with Gasteiger partial charge in [-0.1, -0.05) is 59.6 Å². The molecule has 0 saturated heterocycles. The molecule has 3 heterocycles. The van der Waals surface area contributed by atoms with Gasteiger partial charge in [0.1, 0.15) is 11.9 Å². The topological polar surface area (TPSA) is 101 Å². The summed E-state index contributed by atoms with van der Waals surface area (Å²) >= 11 is 6.05. The molecule has 0 spiro atoms. The van der Waals surface area contributed by atoms with Crippen molar-refractivity contribution in [2.24, 2.45) is 5.92 Å². The second-order valence-electron chi connectivity index (χ2n) is 8.70. The Kier molecular flexibility index (Phi) is 13.4. The second kappa shape index (κ2) is 16.5. The van der Waals surface area contributed by atoms with E-state index in [0.717, 1.165) is 46.5 Å². The first kappa shape index (κ1) is 31.8. The van der Waals surface area contributed by atoms with Gasteiger partial charge < -0.3 is 14.8 Å². The van der Waals surface area contributed by atoms with Gasteiger partial charge in [0, 0.05) is 34.6 Å². The summed E-state index contributed by atoms with van der Waals surface area (Å²) in [4.78, 5) is 27.9. The maximum absolute atomic E-state index is 11.1. The zero-order chi connectivity index (χ0) is 28.8. The number of H-pyrrole nitrogens is 1. The number of hydrogen-bond acceptors (Lipinski definition) is 5. The molecule has 3 aromatic heterocycles. The summed E-state index contributed by atoms with van der Waals surface area (Å²) in [6, 6.07) is 13.2. The molecule has 8 heteroatoms. The fraction of sp³-hybridized carbons (Fsp3) is 0.419. The number of carbonyl (C=O) groups is 1. The quantitative estimate of drug-likeness (QED) is 0.256. The average molecular weight is 553 g/mol. The van der Waals surface area contributed by atoms with Gasteiger partial charge in [0.05, 0.1) is 22.6 Å². The van der Waals surface area contributed by atoms with Gasteiger partial charge in [-0.2, -0.15) is 0 Å². The van der Waals surface area contributed by atoms with Crippen LogP contribution in [-0.2, 0) is 4.79 Å². The molecule has 5 rings (SSSR count). The number of ether oxygens (including phenoxy) is 1. The largest absolute Gasteiger partial charge is 0.481 e. The van der Waals surface area contributed by atoms with Gasteiger partial charge in [-0.15, -0.1) is 0 Å². The third-order valence-electron chi connectivity index (χ3n) is 5.82. The first-order valence-electron chi connectivity index (χ1n) is 13.9. The number of halogens is 1. The van der Waals surface area contributed by atoms with E-state index < -0.39 is 5.97 Å².